The van der Waals surface area contributed by atoms with Gasteiger partial charge in [-0.2, -0.15) is 0 Å². The number of hydrogen-bond acceptors (Lipinski definition) is 4. The Morgan fingerprint density at radius 2 is 2.18 bits per heavy atom. The zero-order valence-corrected chi connectivity index (χ0v) is 10.2. The van der Waals surface area contributed by atoms with Gasteiger partial charge in [-0.25, -0.2) is 8.78 Å². The van der Waals surface area contributed by atoms with Gasteiger partial charge in [0.15, 0.2) is 5.82 Å². The van der Waals surface area contributed by atoms with Crippen LogP contribution in [0.2, 0.25) is 0 Å². The molecule has 6 heteroatoms. The standard InChI is InChI=1S/C11H13F2NO2S/c1-2-16-9(15)5-6-17-11-7(12)3-4-8(14)10(11)13/h3-4H,2,5-6,14H2,1H3. The van der Waals surface area contributed by atoms with Crippen LogP contribution in [0.4, 0.5) is 14.5 Å². The van der Waals surface area contributed by atoms with Crippen LogP contribution in [0.25, 0.3) is 0 Å². The lowest BCUT2D eigenvalue weighted by Gasteiger charge is -2.06. The van der Waals surface area contributed by atoms with Gasteiger partial charge < -0.3 is 10.5 Å². The molecule has 0 saturated heterocycles. The summed E-state index contributed by atoms with van der Waals surface area (Å²) in [6.45, 7) is 1.99. The van der Waals surface area contributed by atoms with Crippen molar-refractivity contribution in [3.63, 3.8) is 0 Å². The first kappa shape index (κ1) is 13.8. The summed E-state index contributed by atoms with van der Waals surface area (Å²) >= 11 is 0.911. The van der Waals surface area contributed by atoms with Crippen LogP contribution in [0.15, 0.2) is 17.0 Å². The third-order valence-corrected chi connectivity index (χ3v) is 3.01. The second-order valence-corrected chi connectivity index (χ2v) is 4.29. The molecule has 0 aliphatic rings. The number of nitrogens with two attached hydrogens (primary N) is 1. The molecule has 17 heavy (non-hydrogen) atoms. The smallest absolute Gasteiger partial charge is 0.306 e. The van der Waals surface area contributed by atoms with Crippen molar-refractivity contribution in [1.29, 1.82) is 0 Å². The van der Waals surface area contributed by atoms with Gasteiger partial charge in [0.2, 0.25) is 0 Å². The third-order valence-electron chi connectivity index (χ3n) is 1.94. The van der Waals surface area contributed by atoms with Crippen LogP contribution >= 0.6 is 11.8 Å². The Hall–Kier alpha value is -1.30. The van der Waals surface area contributed by atoms with E-state index in [1.54, 1.807) is 6.92 Å². The highest BCUT2D eigenvalue weighted by atomic mass is 32.2. The van der Waals surface area contributed by atoms with Gasteiger partial charge in [0.05, 0.1) is 23.6 Å². The average Bonchev–Trinajstić information content (AvgIpc) is 2.29. The minimum atomic E-state index is -0.779. The van der Waals surface area contributed by atoms with E-state index in [0.717, 1.165) is 17.8 Å². The fourth-order valence-electron chi connectivity index (χ4n) is 1.15. The van der Waals surface area contributed by atoms with Crippen LogP contribution in [0, 0.1) is 11.6 Å². The highest BCUT2D eigenvalue weighted by molar-refractivity contribution is 7.99. The van der Waals surface area contributed by atoms with Gasteiger partial charge in [-0.05, 0) is 19.1 Å². The fraction of sp³-hybridized carbons (Fsp3) is 0.364. The molecule has 0 saturated carbocycles. The summed E-state index contributed by atoms with van der Waals surface area (Å²) in [5.74, 6) is -1.59. The molecule has 0 aliphatic heterocycles. The van der Waals surface area contributed by atoms with Gasteiger partial charge >= 0.3 is 5.97 Å². The molecule has 0 spiro atoms. The molecule has 0 aliphatic carbocycles. The van der Waals surface area contributed by atoms with Gasteiger partial charge in [-0.3, -0.25) is 4.79 Å². The number of nitrogen functional groups attached to an aromatic ring is 1. The SMILES string of the molecule is CCOC(=O)CCSc1c(F)ccc(N)c1F. The van der Waals surface area contributed by atoms with Crippen molar-refractivity contribution >= 4 is 23.4 Å². The molecule has 1 rings (SSSR count). The minimum absolute atomic E-state index is 0.103. The quantitative estimate of drug-likeness (QED) is 0.503. The molecule has 2 N–H and O–H groups in total. The van der Waals surface area contributed by atoms with Crippen LogP contribution in [0.5, 0.6) is 0 Å². The zero-order valence-electron chi connectivity index (χ0n) is 9.33. The Labute approximate surface area is 102 Å². The maximum Gasteiger partial charge on any atom is 0.306 e. The largest absolute Gasteiger partial charge is 0.466 e. The van der Waals surface area contributed by atoms with Crippen LogP contribution in [0.1, 0.15) is 13.3 Å². The number of esters is 1. The van der Waals surface area contributed by atoms with E-state index in [9.17, 15) is 13.6 Å². The van der Waals surface area contributed by atoms with Crippen LogP contribution < -0.4 is 5.73 Å². The minimum Gasteiger partial charge on any atom is -0.466 e. The topological polar surface area (TPSA) is 52.3 Å². The second kappa shape index (κ2) is 6.44. The van der Waals surface area contributed by atoms with E-state index in [2.05, 4.69) is 0 Å². The van der Waals surface area contributed by atoms with Crippen molar-refractivity contribution in [2.24, 2.45) is 0 Å². The Morgan fingerprint density at radius 3 is 2.82 bits per heavy atom. The van der Waals surface area contributed by atoms with Gasteiger partial charge in [0.25, 0.3) is 0 Å². The number of rotatable bonds is 5. The Bertz CT molecular complexity index is 413. The molecule has 94 valence electrons. The van der Waals surface area contributed by atoms with Crippen LogP contribution in [-0.2, 0) is 9.53 Å². The molecule has 0 amide bonds. The molecular weight excluding hydrogens is 248 g/mol. The van der Waals surface area contributed by atoms with E-state index >= 15 is 0 Å². The summed E-state index contributed by atoms with van der Waals surface area (Å²) in [6.07, 6.45) is 0.103. The van der Waals surface area contributed by atoms with Crippen LogP contribution in [-0.4, -0.2) is 18.3 Å². The van der Waals surface area contributed by atoms with E-state index in [4.69, 9.17) is 10.5 Å². The van der Waals surface area contributed by atoms with Crippen molar-refractivity contribution < 1.29 is 18.3 Å². The van der Waals surface area contributed by atoms with E-state index in [0.29, 0.717) is 6.61 Å². The predicted molar refractivity (Wildman–Crippen MR) is 62.7 cm³/mol. The monoisotopic (exact) mass is 261 g/mol. The van der Waals surface area contributed by atoms with Crippen molar-refractivity contribution in [2.75, 3.05) is 18.1 Å². The molecule has 3 nitrogen and oxygen atoms in total. The molecule has 0 atom stereocenters. The normalized spacial score (nSPS) is 10.3. The van der Waals surface area contributed by atoms with E-state index < -0.39 is 11.6 Å². The first-order valence-electron chi connectivity index (χ1n) is 5.08. The lowest BCUT2D eigenvalue weighted by molar-refractivity contribution is -0.142. The maximum atomic E-state index is 13.4. The number of thioether (sulfide) groups is 1. The van der Waals surface area contributed by atoms with Gasteiger partial charge in [0, 0.05) is 5.75 Å². The Balaban J connectivity index is 2.58. The fourth-order valence-corrected chi connectivity index (χ4v) is 2.07. The summed E-state index contributed by atoms with van der Waals surface area (Å²) in [5.41, 5.74) is 5.22. The molecular formula is C11H13F2NO2S. The van der Waals surface area contributed by atoms with Crippen molar-refractivity contribution in [3.8, 4) is 0 Å². The van der Waals surface area contributed by atoms with Crippen LogP contribution in [0.3, 0.4) is 0 Å². The number of ether oxygens (including phenoxy) is 1. The number of benzene rings is 1. The van der Waals surface area contributed by atoms with E-state index in [1.165, 1.54) is 6.07 Å². The summed E-state index contributed by atoms with van der Waals surface area (Å²) in [5, 5.41) is 0. The van der Waals surface area contributed by atoms with Crippen molar-refractivity contribution in [2.45, 2.75) is 18.2 Å². The van der Waals surface area contributed by atoms with Gasteiger partial charge in [-0.1, -0.05) is 0 Å². The van der Waals surface area contributed by atoms with E-state index in [-0.39, 0.29) is 28.7 Å². The van der Waals surface area contributed by atoms with Gasteiger partial charge in [0.1, 0.15) is 5.82 Å². The molecule has 0 unspecified atom stereocenters. The maximum absolute atomic E-state index is 13.4. The zero-order chi connectivity index (χ0) is 12.8. The lowest BCUT2D eigenvalue weighted by atomic mass is 10.3. The molecule has 1 aromatic rings. The highest BCUT2D eigenvalue weighted by Gasteiger charge is 2.13. The molecule has 1 aromatic carbocycles. The van der Waals surface area contributed by atoms with E-state index in [1.807, 2.05) is 0 Å². The van der Waals surface area contributed by atoms with Crippen molar-refractivity contribution in [3.05, 3.63) is 23.8 Å². The summed E-state index contributed by atoms with van der Waals surface area (Å²) in [6, 6.07) is 2.27. The first-order chi connectivity index (χ1) is 8.06. The number of halogens is 2. The Kier molecular flexibility index (Phi) is 5.21. The summed E-state index contributed by atoms with van der Waals surface area (Å²) in [7, 11) is 0. The lowest BCUT2D eigenvalue weighted by Crippen LogP contribution is -2.05. The molecule has 0 bridgehead atoms. The number of anilines is 1. The third kappa shape index (κ3) is 3.89. The predicted octanol–water partition coefficient (Wildman–Crippen LogP) is 2.59. The van der Waals surface area contributed by atoms with Crippen molar-refractivity contribution in [1.82, 2.24) is 0 Å². The summed E-state index contributed by atoms with van der Waals surface area (Å²) in [4.78, 5) is 10.9. The summed E-state index contributed by atoms with van der Waals surface area (Å²) < 4.78 is 31.4. The highest BCUT2D eigenvalue weighted by Crippen LogP contribution is 2.28. The second-order valence-electron chi connectivity index (χ2n) is 3.18. The molecule has 0 aromatic heterocycles. The number of hydrogen-bond donors (Lipinski definition) is 1. The molecule has 0 heterocycles. The Morgan fingerprint density at radius 1 is 1.47 bits per heavy atom. The number of carbonyl (C=O) groups is 1. The average molecular weight is 261 g/mol. The molecule has 0 radical (unpaired) electrons. The first-order valence-corrected chi connectivity index (χ1v) is 6.06. The number of carbonyl (C=O) groups excluding carboxylic acids is 1. The molecule has 0 fully saturated rings. The van der Waals surface area contributed by atoms with Gasteiger partial charge in [-0.15, -0.1) is 11.8 Å².